The van der Waals surface area contributed by atoms with E-state index in [0.717, 1.165) is 5.56 Å². The van der Waals surface area contributed by atoms with Crippen LogP contribution in [0.15, 0.2) is 30.3 Å². The Labute approximate surface area is 141 Å². The van der Waals surface area contributed by atoms with Crippen LogP contribution in [0, 0.1) is 11.3 Å². The van der Waals surface area contributed by atoms with Gasteiger partial charge < -0.3 is 14.4 Å². The summed E-state index contributed by atoms with van der Waals surface area (Å²) in [7, 11) is 0. The monoisotopic (exact) mass is 337 g/mol. The minimum atomic E-state index is -0.906. The van der Waals surface area contributed by atoms with Gasteiger partial charge in [0.15, 0.2) is 0 Å². The normalized spacial score (nSPS) is 23.6. The molecule has 6 heteroatoms. The standard InChI is InChI=1S/C18H24FNO4/c1-3-23-16(21)18(2)9-15(10-19)11-20(13-18)17(22)24-12-14-7-5-4-6-8-14/h4-8,15H,3,9-13H2,1-2H3. The Hall–Kier alpha value is -2.11. The molecular weight excluding hydrogens is 313 g/mol. The minimum absolute atomic E-state index is 0.145. The van der Waals surface area contributed by atoms with Crippen LogP contribution in [0.5, 0.6) is 0 Å². The fourth-order valence-electron chi connectivity index (χ4n) is 3.07. The van der Waals surface area contributed by atoms with Gasteiger partial charge in [0.1, 0.15) is 6.61 Å². The average molecular weight is 337 g/mol. The predicted octanol–water partition coefficient (Wildman–Crippen LogP) is 3.18. The van der Waals surface area contributed by atoms with Crippen molar-refractivity contribution in [2.75, 3.05) is 26.4 Å². The number of ether oxygens (including phenoxy) is 2. The van der Waals surface area contributed by atoms with Crippen LogP contribution in [-0.2, 0) is 20.9 Å². The maximum absolute atomic E-state index is 13.2. The highest BCUT2D eigenvalue weighted by molar-refractivity contribution is 5.78. The van der Waals surface area contributed by atoms with Gasteiger partial charge in [-0.3, -0.25) is 9.18 Å². The number of benzene rings is 1. The number of rotatable bonds is 5. The number of amides is 1. The van der Waals surface area contributed by atoms with Gasteiger partial charge >= 0.3 is 12.1 Å². The van der Waals surface area contributed by atoms with E-state index >= 15 is 0 Å². The van der Waals surface area contributed by atoms with Gasteiger partial charge in [0.05, 0.1) is 18.7 Å². The second-order valence-electron chi connectivity index (χ2n) is 6.43. The first kappa shape index (κ1) is 18.2. The summed E-state index contributed by atoms with van der Waals surface area (Å²) < 4.78 is 23.6. The van der Waals surface area contributed by atoms with Gasteiger partial charge in [-0.1, -0.05) is 30.3 Å². The molecule has 0 aliphatic carbocycles. The van der Waals surface area contributed by atoms with Gasteiger partial charge in [-0.05, 0) is 25.8 Å². The Balaban J connectivity index is 2.02. The summed E-state index contributed by atoms with van der Waals surface area (Å²) >= 11 is 0. The number of hydrogen-bond acceptors (Lipinski definition) is 4. The quantitative estimate of drug-likeness (QED) is 0.775. The number of nitrogens with zero attached hydrogens (tertiary/aromatic N) is 1. The van der Waals surface area contributed by atoms with Gasteiger partial charge in [0.25, 0.3) is 0 Å². The maximum atomic E-state index is 13.2. The largest absolute Gasteiger partial charge is 0.466 e. The number of alkyl halides is 1. The first-order valence-electron chi connectivity index (χ1n) is 8.17. The molecule has 1 fully saturated rings. The third kappa shape index (κ3) is 4.46. The SMILES string of the molecule is CCOC(=O)C1(C)CC(CF)CN(C(=O)OCc2ccccc2)C1. The highest BCUT2D eigenvalue weighted by Crippen LogP contribution is 2.34. The third-order valence-electron chi connectivity index (χ3n) is 4.21. The lowest BCUT2D eigenvalue weighted by molar-refractivity contribution is -0.158. The molecule has 1 aromatic carbocycles. The Kier molecular flexibility index (Phi) is 6.17. The fraction of sp³-hybridized carbons (Fsp3) is 0.556. The van der Waals surface area contributed by atoms with Gasteiger partial charge in [-0.25, -0.2) is 4.79 Å². The molecule has 2 rings (SSSR count). The van der Waals surface area contributed by atoms with Crippen LogP contribution in [0.3, 0.4) is 0 Å². The van der Waals surface area contributed by atoms with E-state index in [1.165, 1.54) is 4.90 Å². The Morgan fingerprint density at radius 3 is 2.62 bits per heavy atom. The maximum Gasteiger partial charge on any atom is 0.410 e. The van der Waals surface area contributed by atoms with E-state index in [-0.39, 0.29) is 26.3 Å². The molecule has 2 unspecified atom stereocenters. The molecule has 1 saturated heterocycles. The van der Waals surface area contributed by atoms with E-state index in [1.807, 2.05) is 30.3 Å². The van der Waals surface area contributed by atoms with Crippen LogP contribution < -0.4 is 0 Å². The molecule has 0 saturated carbocycles. The number of piperidine rings is 1. The number of hydrogen-bond donors (Lipinski definition) is 0. The molecule has 0 radical (unpaired) electrons. The van der Waals surface area contributed by atoms with Crippen LogP contribution >= 0.6 is 0 Å². The van der Waals surface area contributed by atoms with E-state index in [4.69, 9.17) is 9.47 Å². The number of carbonyl (C=O) groups excluding carboxylic acids is 2. The molecule has 1 amide bonds. The first-order valence-corrected chi connectivity index (χ1v) is 8.17. The summed E-state index contributed by atoms with van der Waals surface area (Å²) in [6.45, 7) is 3.68. The van der Waals surface area contributed by atoms with Crippen molar-refractivity contribution in [2.45, 2.75) is 26.9 Å². The summed E-state index contributed by atoms with van der Waals surface area (Å²) in [6, 6.07) is 9.32. The average Bonchev–Trinajstić information content (AvgIpc) is 2.60. The summed E-state index contributed by atoms with van der Waals surface area (Å²) in [5.41, 5.74) is -0.0328. The molecule has 5 nitrogen and oxygen atoms in total. The number of halogens is 1. The minimum Gasteiger partial charge on any atom is -0.466 e. The van der Waals surface area contributed by atoms with Crippen LogP contribution in [0.1, 0.15) is 25.8 Å². The van der Waals surface area contributed by atoms with Crippen molar-refractivity contribution >= 4 is 12.1 Å². The highest BCUT2D eigenvalue weighted by atomic mass is 19.1. The van der Waals surface area contributed by atoms with Crippen LogP contribution in [0.25, 0.3) is 0 Å². The molecular formula is C18H24FNO4. The summed E-state index contributed by atoms with van der Waals surface area (Å²) in [4.78, 5) is 25.9. The van der Waals surface area contributed by atoms with E-state index < -0.39 is 30.1 Å². The molecule has 0 aromatic heterocycles. The summed E-state index contributed by atoms with van der Waals surface area (Å²) in [6.07, 6.45) is -0.169. The van der Waals surface area contributed by atoms with Crippen molar-refractivity contribution < 1.29 is 23.5 Å². The molecule has 24 heavy (non-hydrogen) atoms. The van der Waals surface area contributed by atoms with Crippen molar-refractivity contribution in [1.29, 1.82) is 0 Å². The molecule has 0 spiro atoms. The summed E-state index contributed by atoms with van der Waals surface area (Å²) in [5, 5.41) is 0. The molecule has 1 aromatic rings. The van der Waals surface area contributed by atoms with Gasteiger partial charge in [0.2, 0.25) is 0 Å². The van der Waals surface area contributed by atoms with Crippen molar-refractivity contribution in [3.05, 3.63) is 35.9 Å². The third-order valence-corrected chi connectivity index (χ3v) is 4.21. The van der Waals surface area contributed by atoms with Crippen LogP contribution in [0.4, 0.5) is 9.18 Å². The van der Waals surface area contributed by atoms with Crippen molar-refractivity contribution in [3.8, 4) is 0 Å². The lowest BCUT2D eigenvalue weighted by Gasteiger charge is -2.41. The Bertz CT molecular complexity index is 565. The van der Waals surface area contributed by atoms with Gasteiger partial charge in [-0.2, -0.15) is 0 Å². The topological polar surface area (TPSA) is 55.8 Å². The Morgan fingerprint density at radius 1 is 1.29 bits per heavy atom. The zero-order chi connectivity index (χ0) is 17.6. The van der Waals surface area contributed by atoms with E-state index in [0.29, 0.717) is 6.42 Å². The van der Waals surface area contributed by atoms with E-state index in [1.54, 1.807) is 13.8 Å². The van der Waals surface area contributed by atoms with Gasteiger partial charge in [0, 0.05) is 19.0 Å². The zero-order valence-electron chi connectivity index (χ0n) is 14.2. The predicted molar refractivity (Wildman–Crippen MR) is 87.0 cm³/mol. The van der Waals surface area contributed by atoms with Crippen molar-refractivity contribution in [1.82, 2.24) is 4.90 Å². The molecule has 1 heterocycles. The van der Waals surface area contributed by atoms with Gasteiger partial charge in [-0.15, -0.1) is 0 Å². The fourth-order valence-corrected chi connectivity index (χ4v) is 3.07. The van der Waals surface area contributed by atoms with Crippen LogP contribution in [-0.4, -0.2) is 43.3 Å². The smallest absolute Gasteiger partial charge is 0.410 e. The van der Waals surface area contributed by atoms with E-state index in [9.17, 15) is 14.0 Å². The number of carbonyl (C=O) groups is 2. The van der Waals surface area contributed by atoms with Crippen molar-refractivity contribution in [2.24, 2.45) is 11.3 Å². The zero-order valence-corrected chi connectivity index (χ0v) is 14.2. The number of esters is 1. The van der Waals surface area contributed by atoms with Crippen LogP contribution in [0.2, 0.25) is 0 Å². The first-order chi connectivity index (χ1) is 11.5. The molecule has 132 valence electrons. The summed E-state index contributed by atoms with van der Waals surface area (Å²) in [5.74, 6) is -0.790. The molecule has 2 atom stereocenters. The van der Waals surface area contributed by atoms with Crippen molar-refractivity contribution in [3.63, 3.8) is 0 Å². The highest BCUT2D eigenvalue weighted by Gasteiger charge is 2.44. The number of likely N-dealkylation sites (tertiary alicyclic amines) is 1. The second kappa shape index (κ2) is 8.13. The second-order valence-corrected chi connectivity index (χ2v) is 6.43. The molecule has 0 N–H and O–H groups in total. The molecule has 1 aliphatic rings. The Morgan fingerprint density at radius 2 is 2.00 bits per heavy atom. The molecule has 1 aliphatic heterocycles. The molecule has 0 bridgehead atoms. The lowest BCUT2D eigenvalue weighted by Crippen LogP contribution is -2.52. The lowest BCUT2D eigenvalue weighted by atomic mass is 9.77. The van der Waals surface area contributed by atoms with E-state index in [2.05, 4.69) is 0 Å².